The van der Waals surface area contributed by atoms with Crippen molar-refractivity contribution in [2.75, 3.05) is 0 Å². The average molecular weight is 389 g/mol. The second-order valence-corrected chi connectivity index (χ2v) is 6.99. The summed E-state index contributed by atoms with van der Waals surface area (Å²) < 4.78 is 37.9. The predicted molar refractivity (Wildman–Crippen MR) is 90.1 cm³/mol. The van der Waals surface area contributed by atoms with Crippen molar-refractivity contribution in [3.63, 3.8) is 0 Å². The maximum absolute atomic E-state index is 11.6. The minimum absolute atomic E-state index is 0. The molecule has 0 aliphatic heterocycles. The molecule has 0 bridgehead atoms. The molecule has 0 saturated heterocycles. The summed E-state index contributed by atoms with van der Waals surface area (Å²) in [6.07, 6.45) is 4.90. The number of rotatable bonds is 8. The Labute approximate surface area is 191 Å². The molecular weight excluding hydrogens is 367 g/mol. The molecule has 130 valence electrons. The van der Waals surface area contributed by atoms with E-state index in [-0.39, 0.29) is 67.8 Å². The van der Waals surface area contributed by atoms with Gasteiger partial charge in [-0.3, -0.25) is 4.55 Å². The van der Waals surface area contributed by atoms with Gasteiger partial charge < -0.3 is 9.84 Å². The summed E-state index contributed by atoms with van der Waals surface area (Å²) in [5.41, 5.74) is 0.740. The number of para-hydroxylation sites is 1. The number of unbranched alkanes of at least 4 members (excludes halogenated alkanes) is 3. The van der Waals surface area contributed by atoms with Gasteiger partial charge in [0.15, 0.2) is 0 Å². The monoisotopic (exact) mass is 388 g/mol. The van der Waals surface area contributed by atoms with Gasteiger partial charge in [0.25, 0.3) is 10.1 Å². The molecule has 0 atom stereocenters. The zero-order chi connectivity index (χ0) is 17.6. The van der Waals surface area contributed by atoms with Crippen molar-refractivity contribution in [3.05, 3.63) is 48.0 Å². The van der Waals surface area contributed by atoms with E-state index in [0.29, 0.717) is 12.2 Å². The molecule has 0 saturated carbocycles. The number of ether oxygens (including phenoxy) is 1. The molecule has 1 N–H and O–H groups in total. The first-order valence-electron chi connectivity index (χ1n) is 7.96. The SMILES string of the molecule is CCCCCCc1cc([O-])ccc1Oc1ccccc1S(=O)(=O)O.[K+]. The first kappa shape index (κ1) is 22.6. The Bertz CT molecular complexity index is 790. The van der Waals surface area contributed by atoms with E-state index >= 15 is 0 Å². The number of aryl methyl sites for hydroxylation is 1. The molecule has 25 heavy (non-hydrogen) atoms. The first-order chi connectivity index (χ1) is 11.4. The smallest absolute Gasteiger partial charge is 0.872 e. The van der Waals surface area contributed by atoms with Gasteiger partial charge in [0.05, 0.1) is 0 Å². The van der Waals surface area contributed by atoms with Gasteiger partial charge in [0, 0.05) is 0 Å². The van der Waals surface area contributed by atoms with Crippen molar-refractivity contribution in [1.29, 1.82) is 0 Å². The molecule has 0 unspecified atom stereocenters. The van der Waals surface area contributed by atoms with Crippen LogP contribution in [0.4, 0.5) is 0 Å². The Morgan fingerprint density at radius 3 is 2.44 bits per heavy atom. The normalized spacial score (nSPS) is 11.0. The van der Waals surface area contributed by atoms with Crippen molar-refractivity contribution in [2.24, 2.45) is 0 Å². The molecule has 0 heterocycles. The van der Waals surface area contributed by atoms with E-state index in [1.807, 2.05) is 0 Å². The fraction of sp³-hybridized carbons (Fsp3) is 0.333. The summed E-state index contributed by atoms with van der Waals surface area (Å²) in [5, 5.41) is 11.6. The van der Waals surface area contributed by atoms with E-state index < -0.39 is 10.1 Å². The van der Waals surface area contributed by atoms with Crippen molar-refractivity contribution in [2.45, 2.75) is 43.9 Å². The number of hydrogen-bond donors (Lipinski definition) is 1. The fourth-order valence-electron chi connectivity index (χ4n) is 2.46. The molecule has 0 spiro atoms. The molecule has 0 radical (unpaired) electrons. The third kappa shape index (κ3) is 7.01. The molecule has 0 aliphatic carbocycles. The Balaban J connectivity index is 0.00000312. The second kappa shape index (κ2) is 10.7. The van der Waals surface area contributed by atoms with Crippen LogP contribution in [0.25, 0.3) is 0 Å². The van der Waals surface area contributed by atoms with Crippen LogP contribution in [0.3, 0.4) is 0 Å². The summed E-state index contributed by atoms with van der Waals surface area (Å²) in [6, 6.07) is 10.3. The molecule has 0 fully saturated rings. The molecule has 2 aromatic carbocycles. The molecule has 0 aliphatic rings. The molecule has 5 nitrogen and oxygen atoms in total. The van der Waals surface area contributed by atoms with Crippen molar-refractivity contribution < 1.29 is 74.2 Å². The Morgan fingerprint density at radius 2 is 1.76 bits per heavy atom. The predicted octanol–water partition coefficient (Wildman–Crippen LogP) is 0.926. The van der Waals surface area contributed by atoms with Crippen LogP contribution >= 0.6 is 0 Å². The fourth-order valence-corrected chi connectivity index (χ4v) is 3.07. The Hall–Kier alpha value is -0.414. The van der Waals surface area contributed by atoms with E-state index in [4.69, 9.17) is 4.74 Å². The van der Waals surface area contributed by atoms with Crippen LogP contribution in [0.1, 0.15) is 38.2 Å². The van der Waals surface area contributed by atoms with Crippen LogP contribution in [0.2, 0.25) is 0 Å². The summed E-state index contributed by atoms with van der Waals surface area (Å²) in [4.78, 5) is -0.298. The van der Waals surface area contributed by atoms with E-state index in [1.54, 1.807) is 6.07 Å². The van der Waals surface area contributed by atoms with Crippen LogP contribution in [0.5, 0.6) is 17.2 Å². The van der Waals surface area contributed by atoms with E-state index in [1.165, 1.54) is 36.4 Å². The van der Waals surface area contributed by atoms with Gasteiger partial charge in [-0.25, -0.2) is 0 Å². The summed E-state index contributed by atoms with van der Waals surface area (Å²) in [7, 11) is -4.39. The van der Waals surface area contributed by atoms with Gasteiger partial charge in [-0.2, -0.15) is 8.42 Å². The van der Waals surface area contributed by atoms with Gasteiger partial charge in [-0.1, -0.05) is 50.5 Å². The first-order valence-corrected chi connectivity index (χ1v) is 9.40. The number of hydrogen-bond acceptors (Lipinski definition) is 4. The van der Waals surface area contributed by atoms with Gasteiger partial charge in [-0.05, 0) is 36.6 Å². The molecule has 2 rings (SSSR count). The van der Waals surface area contributed by atoms with Crippen molar-refractivity contribution >= 4 is 10.1 Å². The van der Waals surface area contributed by atoms with E-state index in [0.717, 1.165) is 31.2 Å². The van der Waals surface area contributed by atoms with Crippen molar-refractivity contribution in [1.82, 2.24) is 0 Å². The van der Waals surface area contributed by atoms with E-state index in [2.05, 4.69) is 6.92 Å². The standard InChI is InChI=1S/C18H22O5S.K/c1-2-3-4-5-8-14-13-15(19)11-12-16(14)23-17-9-6-7-10-18(17)24(20,21)22;/h6-7,9-13,19H,2-5,8H2,1H3,(H,20,21,22);/q;+1/p-1. The summed E-state index contributed by atoms with van der Waals surface area (Å²) in [5.74, 6) is 0.353. The number of benzene rings is 2. The average Bonchev–Trinajstić information content (AvgIpc) is 2.53. The maximum Gasteiger partial charge on any atom is 1.00 e. The molecule has 0 aromatic heterocycles. The van der Waals surface area contributed by atoms with Crippen molar-refractivity contribution in [3.8, 4) is 17.2 Å². The zero-order valence-electron chi connectivity index (χ0n) is 14.6. The van der Waals surface area contributed by atoms with Crippen LogP contribution in [0, 0.1) is 0 Å². The second-order valence-electron chi connectivity index (χ2n) is 5.60. The van der Waals surface area contributed by atoms with Gasteiger partial charge in [0.2, 0.25) is 0 Å². The van der Waals surface area contributed by atoms with Gasteiger partial charge in [-0.15, -0.1) is 5.75 Å². The van der Waals surface area contributed by atoms with Crippen LogP contribution < -0.4 is 61.2 Å². The Kier molecular flexibility index (Phi) is 9.65. The minimum atomic E-state index is -4.39. The maximum atomic E-state index is 11.6. The third-order valence-electron chi connectivity index (χ3n) is 3.68. The van der Waals surface area contributed by atoms with Gasteiger partial charge in [0.1, 0.15) is 16.4 Å². The summed E-state index contributed by atoms with van der Waals surface area (Å²) in [6.45, 7) is 2.12. The van der Waals surface area contributed by atoms with Crippen LogP contribution in [-0.4, -0.2) is 13.0 Å². The minimum Gasteiger partial charge on any atom is -0.872 e. The van der Waals surface area contributed by atoms with Crippen LogP contribution in [0.15, 0.2) is 47.4 Å². The van der Waals surface area contributed by atoms with Crippen LogP contribution in [-0.2, 0) is 16.5 Å². The Morgan fingerprint density at radius 1 is 1.04 bits per heavy atom. The molecule has 7 heteroatoms. The van der Waals surface area contributed by atoms with E-state index in [9.17, 15) is 18.1 Å². The zero-order valence-corrected chi connectivity index (χ0v) is 18.5. The molecule has 0 amide bonds. The largest absolute Gasteiger partial charge is 1.00 e. The quantitative estimate of drug-likeness (QED) is 0.413. The topological polar surface area (TPSA) is 86.7 Å². The molecule has 2 aromatic rings. The third-order valence-corrected chi connectivity index (χ3v) is 4.57. The molecular formula is C18H21KO5S. The summed E-state index contributed by atoms with van der Waals surface area (Å²) >= 11 is 0. The van der Waals surface area contributed by atoms with Gasteiger partial charge >= 0.3 is 51.4 Å².